The van der Waals surface area contributed by atoms with Crippen molar-refractivity contribution in [1.29, 1.82) is 0 Å². The second kappa shape index (κ2) is 6.97. The molecule has 3 aromatic rings. The summed E-state index contributed by atoms with van der Waals surface area (Å²) in [4.78, 5) is 4.49. The van der Waals surface area contributed by atoms with Crippen LogP contribution in [0, 0.1) is 20.8 Å². The molecule has 1 heterocycles. The third kappa shape index (κ3) is 3.71. The molecule has 24 heavy (non-hydrogen) atoms. The minimum absolute atomic E-state index is 0.441. The van der Waals surface area contributed by atoms with Crippen molar-refractivity contribution in [3.63, 3.8) is 0 Å². The van der Waals surface area contributed by atoms with Crippen LogP contribution in [0.3, 0.4) is 0 Å². The lowest BCUT2D eigenvalue weighted by molar-refractivity contribution is 0.981. The summed E-state index contributed by atoms with van der Waals surface area (Å²) in [6, 6.07) is 12.2. The van der Waals surface area contributed by atoms with Crippen molar-refractivity contribution in [3.05, 3.63) is 63.8 Å². The van der Waals surface area contributed by atoms with E-state index in [-0.39, 0.29) is 0 Å². The molecule has 6 heteroatoms. The van der Waals surface area contributed by atoms with Gasteiger partial charge >= 0.3 is 0 Å². The van der Waals surface area contributed by atoms with E-state index in [4.69, 9.17) is 0 Å². The molecule has 0 bridgehead atoms. The van der Waals surface area contributed by atoms with Crippen LogP contribution in [0.1, 0.15) is 16.7 Å². The van der Waals surface area contributed by atoms with Gasteiger partial charge in [-0.1, -0.05) is 24.3 Å². The molecule has 2 N–H and O–H groups in total. The molecule has 0 atom stereocenters. The maximum atomic E-state index is 4.49. The van der Waals surface area contributed by atoms with Crippen LogP contribution in [0.25, 0.3) is 0 Å². The molecule has 1 aromatic heterocycles. The van der Waals surface area contributed by atoms with Crippen LogP contribution in [0.15, 0.2) is 47.1 Å². The zero-order valence-corrected chi connectivity index (χ0v) is 15.3. The van der Waals surface area contributed by atoms with E-state index >= 15 is 0 Å². The summed E-state index contributed by atoms with van der Waals surface area (Å²) >= 11 is 3.54. The summed E-state index contributed by atoms with van der Waals surface area (Å²) in [5.41, 5.74) is 5.43. The molecule has 0 fully saturated rings. The number of anilines is 4. The smallest absolute Gasteiger partial charge is 0.249 e. The predicted molar refractivity (Wildman–Crippen MR) is 101 cm³/mol. The van der Waals surface area contributed by atoms with E-state index in [1.54, 1.807) is 6.20 Å². The molecule has 0 unspecified atom stereocenters. The second-order valence-corrected chi connectivity index (χ2v) is 6.52. The monoisotopic (exact) mass is 383 g/mol. The summed E-state index contributed by atoms with van der Waals surface area (Å²) < 4.78 is 0.958. The molecule has 122 valence electrons. The van der Waals surface area contributed by atoms with Crippen molar-refractivity contribution in [2.24, 2.45) is 0 Å². The SMILES string of the molecule is Cc1ccc(Nc2nncc(Nc3c(C)cccc3C)n2)c(Br)c1. The molecule has 0 aliphatic rings. The summed E-state index contributed by atoms with van der Waals surface area (Å²) in [5.74, 6) is 1.09. The van der Waals surface area contributed by atoms with Gasteiger partial charge in [0.15, 0.2) is 5.82 Å². The Morgan fingerprint density at radius 2 is 1.71 bits per heavy atom. The minimum Gasteiger partial charge on any atom is -0.338 e. The molecule has 0 saturated carbocycles. The second-order valence-electron chi connectivity index (χ2n) is 5.67. The average Bonchev–Trinajstić information content (AvgIpc) is 2.54. The van der Waals surface area contributed by atoms with E-state index < -0.39 is 0 Å². The van der Waals surface area contributed by atoms with Crippen molar-refractivity contribution < 1.29 is 0 Å². The first-order valence-corrected chi connectivity index (χ1v) is 8.38. The Labute approximate surface area is 149 Å². The number of para-hydroxylation sites is 1. The molecular formula is C18H18BrN5. The van der Waals surface area contributed by atoms with Gasteiger partial charge in [0.05, 0.1) is 11.9 Å². The Hall–Kier alpha value is -2.47. The van der Waals surface area contributed by atoms with Gasteiger partial charge < -0.3 is 10.6 Å². The van der Waals surface area contributed by atoms with E-state index in [9.17, 15) is 0 Å². The van der Waals surface area contributed by atoms with Crippen molar-refractivity contribution >= 4 is 39.1 Å². The van der Waals surface area contributed by atoms with Crippen LogP contribution in [0.5, 0.6) is 0 Å². The first-order valence-electron chi connectivity index (χ1n) is 7.59. The minimum atomic E-state index is 0.441. The number of halogens is 1. The lowest BCUT2D eigenvalue weighted by atomic mass is 10.1. The van der Waals surface area contributed by atoms with Crippen molar-refractivity contribution in [3.8, 4) is 0 Å². The van der Waals surface area contributed by atoms with Gasteiger partial charge in [0.1, 0.15) is 0 Å². The van der Waals surface area contributed by atoms with Gasteiger partial charge in [-0.15, -0.1) is 5.10 Å². The Balaban J connectivity index is 1.84. The van der Waals surface area contributed by atoms with Crippen molar-refractivity contribution in [1.82, 2.24) is 15.2 Å². The first-order chi connectivity index (χ1) is 11.5. The van der Waals surface area contributed by atoms with E-state index in [1.807, 2.05) is 31.2 Å². The van der Waals surface area contributed by atoms with E-state index in [0.29, 0.717) is 11.8 Å². The van der Waals surface area contributed by atoms with Gasteiger partial charge in [-0.3, -0.25) is 0 Å². The Morgan fingerprint density at radius 3 is 2.42 bits per heavy atom. The normalized spacial score (nSPS) is 10.5. The van der Waals surface area contributed by atoms with Crippen LogP contribution in [0.2, 0.25) is 0 Å². The molecule has 0 radical (unpaired) electrons. The molecule has 0 aliphatic carbocycles. The van der Waals surface area contributed by atoms with Gasteiger partial charge in [0.2, 0.25) is 5.95 Å². The summed E-state index contributed by atoms with van der Waals surface area (Å²) in [6.07, 6.45) is 1.61. The number of nitrogens with one attached hydrogen (secondary N) is 2. The van der Waals surface area contributed by atoms with Gasteiger partial charge in [-0.2, -0.15) is 10.1 Å². The molecule has 0 spiro atoms. The zero-order chi connectivity index (χ0) is 17.1. The van der Waals surface area contributed by atoms with Gasteiger partial charge in [-0.05, 0) is 65.5 Å². The third-order valence-electron chi connectivity index (χ3n) is 3.66. The fourth-order valence-corrected chi connectivity index (χ4v) is 2.99. The highest BCUT2D eigenvalue weighted by Crippen LogP contribution is 2.26. The van der Waals surface area contributed by atoms with Crippen LogP contribution in [-0.2, 0) is 0 Å². The summed E-state index contributed by atoms with van der Waals surface area (Å²) in [6.45, 7) is 6.17. The van der Waals surface area contributed by atoms with E-state index in [2.05, 4.69) is 67.7 Å². The average molecular weight is 384 g/mol. The molecule has 0 saturated heterocycles. The van der Waals surface area contributed by atoms with Crippen LogP contribution in [0.4, 0.5) is 23.1 Å². The van der Waals surface area contributed by atoms with Crippen molar-refractivity contribution in [2.45, 2.75) is 20.8 Å². The van der Waals surface area contributed by atoms with Gasteiger partial charge in [0.25, 0.3) is 0 Å². The fraction of sp³-hybridized carbons (Fsp3) is 0.167. The topological polar surface area (TPSA) is 62.7 Å². The first kappa shape index (κ1) is 16.4. The molecule has 2 aromatic carbocycles. The molecular weight excluding hydrogens is 366 g/mol. The highest BCUT2D eigenvalue weighted by atomic mass is 79.9. The quantitative estimate of drug-likeness (QED) is 0.659. The summed E-state index contributed by atoms with van der Waals surface area (Å²) in [5, 5.41) is 14.6. The molecule has 0 aliphatic heterocycles. The number of rotatable bonds is 4. The largest absolute Gasteiger partial charge is 0.338 e. The Bertz CT molecular complexity index is 859. The lowest BCUT2D eigenvalue weighted by Gasteiger charge is -2.12. The highest BCUT2D eigenvalue weighted by Gasteiger charge is 2.07. The Morgan fingerprint density at radius 1 is 0.958 bits per heavy atom. The van der Waals surface area contributed by atoms with Crippen LogP contribution >= 0.6 is 15.9 Å². The third-order valence-corrected chi connectivity index (χ3v) is 4.32. The number of aryl methyl sites for hydroxylation is 3. The zero-order valence-electron chi connectivity index (χ0n) is 13.8. The number of benzene rings is 2. The van der Waals surface area contributed by atoms with E-state index in [1.165, 1.54) is 5.56 Å². The standard InChI is InChI=1S/C18H18BrN5/c1-11-7-8-15(14(19)9-11)21-18-23-16(10-20-24-18)22-17-12(2)5-4-6-13(17)3/h4-10H,1-3H3,(H2,21,22,23,24). The number of aromatic nitrogens is 3. The number of hydrogen-bond donors (Lipinski definition) is 2. The molecule has 5 nitrogen and oxygen atoms in total. The van der Waals surface area contributed by atoms with Crippen molar-refractivity contribution in [2.75, 3.05) is 10.6 Å². The summed E-state index contributed by atoms with van der Waals surface area (Å²) in [7, 11) is 0. The Kier molecular flexibility index (Phi) is 4.76. The molecule has 0 amide bonds. The maximum absolute atomic E-state index is 4.49. The van der Waals surface area contributed by atoms with Gasteiger partial charge in [-0.25, -0.2) is 0 Å². The predicted octanol–water partition coefficient (Wildman–Crippen LogP) is 5.05. The maximum Gasteiger partial charge on any atom is 0.249 e. The fourth-order valence-electron chi connectivity index (χ4n) is 2.40. The number of hydrogen-bond acceptors (Lipinski definition) is 5. The van der Waals surface area contributed by atoms with Gasteiger partial charge in [0, 0.05) is 10.2 Å². The highest BCUT2D eigenvalue weighted by molar-refractivity contribution is 9.10. The molecule has 3 rings (SSSR count). The van der Waals surface area contributed by atoms with Crippen LogP contribution < -0.4 is 10.6 Å². The van der Waals surface area contributed by atoms with Crippen LogP contribution in [-0.4, -0.2) is 15.2 Å². The van der Waals surface area contributed by atoms with E-state index in [0.717, 1.165) is 27.0 Å². The lowest BCUT2D eigenvalue weighted by Crippen LogP contribution is -2.04. The number of nitrogens with zero attached hydrogens (tertiary/aromatic N) is 3.